The van der Waals surface area contributed by atoms with Crippen molar-refractivity contribution in [2.45, 2.75) is 19.9 Å². The Kier molecular flexibility index (Phi) is 4.72. The van der Waals surface area contributed by atoms with Crippen LogP contribution in [0.15, 0.2) is 24.3 Å². The number of benzene rings is 1. The fourth-order valence-electron chi connectivity index (χ4n) is 2.87. The van der Waals surface area contributed by atoms with Crippen LogP contribution in [0.1, 0.15) is 45.2 Å². The SMILES string of the molecule is COC(=O)c1nc(NC(=O)[C@@H](C(C)C)N2C(=O)c3ccccc3C2=O)n[nH]1. The van der Waals surface area contributed by atoms with Gasteiger partial charge in [0.05, 0.1) is 18.2 Å². The molecule has 0 fully saturated rings. The number of esters is 1. The van der Waals surface area contributed by atoms with Crippen LogP contribution in [0.2, 0.25) is 0 Å². The lowest BCUT2D eigenvalue weighted by molar-refractivity contribution is -0.121. The van der Waals surface area contributed by atoms with E-state index in [1.807, 2.05) is 0 Å². The molecule has 27 heavy (non-hydrogen) atoms. The summed E-state index contributed by atoms with van der Waals surface area (Å²) >= 11 is 0. The molecular formula is C17H17N5O5. The quantitative estimate of drug-likeness (QED) is 0.588. The van der Waals surface area contributed by atoms with Crippen molar-refractivity contribution in [2.24, 2.45) is 5.92 Å². The predicted octanol–water partition coefficient (Wildman–Crippen LogP) is 0.851. The molecule has 1 aromatic heterocycles. The fraction of sp³-hybridized carbons (Fsp3) is 0.294. The third-order valence-corrected chi connectivity index (χ3v) is 4.10. The van der Waals surface area contributed by atoms with Crippen molar-refractivity contribution in [3.05, 3.63) is 41.2 Å². The maximum absolute atomic E-state index is 12.8. The number of carbonyl (C=O) groups is 4. The highest BCUT2D eigenvalue weighted by Crippen LogP contribution is 2.27. The second kappa shape index (κ2) is 6.98. The first kappa shape index (κ1) is 18.2. The number of aromatic nitrogens is 3. The molecule has 0 saturated carbocycles. The van der Waals surface area contributed by atoms with Gasteiger partial charge < -0.3 is 4.74 Å². The molecule has 0 radical (unpaired) electrons. The number of amides is 3. The summed E-state index contributed by atoms with van der Waals surface area (Å²) < 4.78 is 4.50. The van der Waals surface area contributed by atoms with Crippen LogP contribution < -0.4 is 5.32 Å². The Bertz CT molecular complexity index is 900. The molecule has 3 rings (SSSR count). The lowest BCUT2D eigenvalue weighted by Crippen LogP contribution is -2.50. The Morgan fingerprint density at radius 3 is 2.26 bits per heavy atom. The van der Waals surface area contributed by atoms with Crippen LogP contribution in [0.4, 0.5) is 5.95 Å². The number of nitrogens with zero attached hydrogens (tertiary/aromatic N) is 3. The molecule has 0 aliphatic carbocycles. The third kappa shape index (κ3) is 3.16. The molecule has 10 nitrogen and oxygen atoms in total. The van der Waals surface area contributed by atoms with Gasteiger partial charge in [-0.3, -0.25) is 29.7 Å². The molecule has 2 aromatic rings. The third-order valence-electron chi connectivity index (χ3n) is 4.10. The van der Waals surface area contributed by atoms with E-state index in [2.05, 4.69) is 25.2 Å². The normalized spacial score (nSPS) is 14.3. The zero-order valence-corrected chi connectivity index (χ0v) is 14.8. The summed E-state index contributed by atoms with van der Waals surface area (Å²) in [5, 5.41) is 8.47. The first-order valence-corrected chi connectivity index (χ1v) is 8.13. The highest BCUT2D eigenvalue weighted by Gasteiger charge is 2.44. The first-order chi connectivity index (χ1) is 12.8. The molecule has 0 unspecified atom stereocenters. The summed E-state index contributed by atoms with van der Waals surface area (Å²) in [6.45, 7) is 3.43. The standard InChI is InChI=1S/C17H17N5O5/c1-8(2)11(13(23)19-17-18-12(20-21-17)16(26)27-3)22-14(24)9-6-4-5-7-10(9)15(22)25/h4-8,11H,1-3H3,(H2,18,19,20,21,23)/t11-/m1/s1. The Balaban J connectivity index is 1.85. The molecule has 0 saturated heterocycles. The van der Waals surface area contributed by atoms with Crippen LogP contribution in [0.3, 0.4) is 0 Å². The van der Waals surface area contributed by atoms with Gasteiger partial charge in [0, 0.05) is 0 Å². The van der Waals surface area contributed by atoms with E-state index in [9.17, 15) is 19.2 Å². The van der Waals surface area contributed by atoms with Crippen LogP contribution >= 0.6 is 0 Å². The van der Waals surface area contributed by atoms with Gasteiger partial charge in [-0.2, -0.15) is 4.98 Å². The van der Waals surface area contributed by atoms with Gasteiger partial charge in [-0.05, 0) is 18.1 Å². The molecule has 0 spiro atoms. The van der Waals surface area contributed by atoms with Gasteiger partial charge >= 0.3 is 5.97 Å². The zero-order valence-electron chi connectivity index (χ0n) is 14.8. The van der Waals surface area contributed by atoms with E-state index in [4.69, 9.17) is 0 Å². The lowest BCUT2D eigenvalue weighted by Gasteiger charge is -2.27. The summed E-state index contributed by atoms with van der Waals surface area (Å²) in [6.07, 6.45) is 0. The van der Waals surface area contributed by atoms with Gasteiger partial charge in [-0.25, -0.2) is 4.79 Å². The Morgan fingerprint density at radius 2 is 1.74 bits per heavy atom. The zero-order chi connectivity index (χ0) is 19.7. The number of rotatable bonds is 5. The minimum absolute atomic E-state index is 0.164. The highest BCUT2D eigenvalue weighted by molar-refractivity contribution is 6.23. The molecule has 1 atom stereocenters. The van der Waals surface area contributed by atoms with Gasteiger partial charge in [0.25, 0.3) is 11.8 Å². The van der Waals surface area contributed by atoms with E-state index >= 15 is 0 Å². The number of H-pyrrole nitrogens is 1. The number of hydrogen-bond acceptors (Lipinski definition) is 7. The molecule has 1 aliphatic heterocycles. The minimum Gasteiger partial charge on any atom is -0.463 e. The molecular weight excluding hydrogens is 354 g/mol. The minimum atomic E-state index is -1.07. The monoisotopic (exact) mass is 371 g/mol. The second-order valence-corrected chi connectivity index (χ2v) is 6.20. The summed E-state index contributed by atoms with van der Waals surface area (Å²) in [6, 6.07) is 5.32. The van der Waals surface area contributed by atoms with E-state index in [1.54, 1.807) is 38.1 Å². The van der Waals surface area contributed by atoms with Crippen molar-refractivity contribution < 1.29 is 23.9 Å². The molecule has 2 N–H and O–H groups in total. The van der Waals surface area contributed by atoms with Crippen LogP contribution in [-0.4, -0.2) is 56.9 Å². The van der Waals surface area contributed by atoms with Gasteiger partial charge in [-0.1, -0.05) is 26.0 Å². The van der Waals surface area contributed by atoms with E-state index in [1.165, 1.54) is 7.11 Å². The molecule has 1 aliphatic rings. The maximum atomic E-state index is 12.8. The second-order valence-electron chi connectivity index (χ2n) is 6.20. The van der Waals surface area contributed by atoms with Crippen LogP contribution in [0.5, 0.6) is 0 Å². The number of fused-ring (bicyclic) bond motifs is 1. The summed E-state index contributed by atoms with van der Waals surface area (Å²) in [5.41, 5.74) is 0.513. The van der Waals surface area contributed by atoms with Crippen LogP contribution in [0.25, 0.3) is 0 Å². The number of imide groups is 1. The number of anilines is 1. The number of aromatic amines is 1. The lowest BCUT2D eigenvalue weighted by atomic mass is 10.0. The number of ether oxygens (including phenoxy) is 1. The van der Waals surface area contributed by atoms with Crippen LogP contribution in [-0.2, 0) is 9.53 Å². The van der Waals surface area contributed by atoms with E-state index in [-0.39, 0.29) is 28.8 Å². The van der Waals surface area contributed by atoms with Crippen molar-refractivity contribution in [1.82, 2.24) is 20.1 Å². The fourth-order valence-corrected chi connectivity index (χ4v) is 2.87. The number of hydrogen-bond donors (Lipinski definition) is 2. The number of carbonyl (C=O) groups excluding carboxylic acids is 4. The van der Waals surface area contributed by atoms with Crippen LogP contribution in [0, 0.1) is 5.92 Å². The van der Waals surface area contributed by atoms with E-state index in [0.717, 1.165) is 4.90 Å². The molecule has 10 heteroatoms. The average molecular weight is 371 g/mol. The topological polar surface area (TPSA) is 134 Å². The average Bonchev–Trinajstić information content (AvgIpc) is 3.20. The molecule has 2 heterocycles. The van der Waals surface area contributed by atoms with Gasteiger partial charge in [-0.15, -0.1) is 5.10 Å². The largest absolute Gasteiger partial charge is 0.463 e. The van der Waals surface area contributed by atoms with Gasteiger partial charge in [0.2, 0.25) is 17.7 Å². The molecule has 3 amide bonds. The Labute approximate surface area is 153 Å². The van der Waals surface area contributed by atoms with Crippen molar-refractivity contribution in [2.75, 3.05) is 12.4 Å². The van der Waals surface area contributed by atoms with E-state index in [0.29, 0.717) is 0 Å². The Morgan fingerprint density at radius 1 is 1.15 bits per heavy atom. The van der Waals surface area contributed by atoms with Crippen molar-refractivity contribution >= 4 is 29.6 Å². The first-order valence-electron chi connectivity index (χ1n) is 8.13. The summed E-state index contributed by atoms with van der Waals surface area (Å²) in [5.74, 6) is -3.17. The Hall–Kier alpha value is -3.56. The van der Waals surface area contributed by atoms with Gasteiger partial charge in [0.1, 0.15) is 6.04 Å². The highest BCUT2D eigenvalue weighted by atomic mass is 16.5. The number of nitrogens with one attached hydrogen (secondary N) is 2. The predicted molar refractivity (Wildman–Crippen MR) is 91.9 cm³/mol. The van der Waals surface area contributed by atoms with Crippen molar-refractivity contribution in [3.8, 4) is 0 Å². The van der Waals surface area contributed by atoms with Gasteiger partial charge in [0.15, 0.2) is 0 Å². The molecule has 0 bridgehead atoms. The number of methoxy groups -OCH3 is 1. The summed E-state index contributed by atoms with van der Waals surface area (Å²) in [4.78, 5) is 54.3. The molecule has 140 valence electrons. The summed E-state index contributed by atoms with van der Waals surface area (Å²) in [7, 11) is 1.18. The van der Waals surface area contributed by atoms with E-state index < -0.39 is 29.7 Å². The molecule has 1 aromatic carbocycles. The smallest absolute Gasteiger partial charge is 0.375 e. The van der Waals surface area contributed by atoms with Crippen molar-refractivity contribution in [1.29, 1.82) is 0 Å². The maximum Gasteiger partial charge on any atom is 0.375 e. The van der Waals surface area contributed by atoms with Crippen molar-refractivity contribution in [3.63, 3.8) is 0 Å².